The fourth-order valence-corrected chi connectivity index (χ4v) is 4.73. The van der Waals surface area contributed by atoms with Crippen LogP contribution in [0.3, 0.4) is 0 Å². The van der Waals surface area contributed by atoms with E-state index in [4.69, 9.17) is 4.98 Å². The molecule has 1 atom stereocenters. The van der Waals surface area contributed by atoms with Crippen molar-refractivity contribution in [1.82, 2.24) is 19.8 Å². The highest BCUT2D eigenvalue weighted by atomic mass is 32.1. The van der Waals surface area contributed by atoms with Gasteiger partial charge in [-0.25, -0.2) is 9.97 Å². The van der Waals surface area contributed by atoms with Crippen molar-refractivity contribution in [2.75, 3.05) is 50.7 Å². The highest BCUT2D eigenvalue weighted by molar-refractivity contribution is 7.21. The van der Waals surface area contributed by atoms with Crippen LogP contribution in [0.25, 0.3) is 10.3 Å². The van der Waals surface area contributed by atoms with Crippen LogP contribution in [-0.4, -0.2) is 71.5 Å². The van der Waals surface area contributed by atoms with Crippen molar-refractivity contribution in [3.63, 3.8) is 0 Å². The molecule has 25 heavy (non-hydrogen) atoms. The van der Waals surface area contributed by atoms with Crippen molar-refractivity contribution in [2.45, 2.75) is 19.8 Å². The molecule has 0 spiro atoms. The van der Waals surface area contributed by atoms with Crippen LogP contribution in [0.1, 0.15) is 19.8 Å². The second-order valence-corrected chi connectivity index (χ2v) is 7.82. The summed E-state index contributed by atoms with van der Waals surface area (Å²) in [5, 5.41) is 1.00. The molecule has 2 aliphatic rings. The standard InChI is InChI=1S/C18H25N5OS/c1-2-21-9-11-22(12-10-21)17(24)14-5-4-8-23(13-14)18-20-15-6-3-7-19-16(15)25-18/h3,6-7,14H,2,4-5,8-13H2,1H3/t14-/m0/s1. The average Bonchev–Trinajstić information content (AvgIpc) is 3.12. The molecule has 7 heteroatoms. The Morgan fingerprint density at radius 3 is 2.88 bits per heavy atom. The molecule has 0 aromatic carbocycles. The number of thiazole rings is 1. The number of piperazine rings is 1. The Kier molecular flexibility index (Phi) is 4.85. The van der Waals surface area contributed by atoms with Crippen molar-refractivity contribution in [3.8, 4) is 0 Å². The first kappa shape index (κ1) is 16.7. The molecule has 0 bridgehead atoms. The van der Waals surface area contributed by atoms with Crippen LogP contribution >= 0.6 is 11.3 Å². The van der Waals surface area contributed by atoms with E-state index >= 15 is 0 Å². The van der Waals surface area contributed by atoms with Crippen LogP contribution in [0.4, 0.5) is 5.13 Å². The first-order valence-corrected chi connectivity index (χ1v) is 10.0. The number of carbonyl (C=O) groups excluding carboxylic acids is 1. The lowest BCUT2D eigenvalue weighted by molar-refractivity contribution is -0.137. The predicted molar refractivity (Wildman–Crippen MR) is 101 cm³/mol. The number of carbonyl (C=O) groups is 1. The number of hydrogen-bond acceptors (Lipinski definition) is 6. The summed E-state index contributed by atoms with van der Waals surface area (Å²) in [5.74, 6) is 0.432. The second-order valence-electron chi connectivity index (χ2n) is 6.87. The highest BCUT2D eigenvalue weighted by Gasteiger charge is 2.31. The number of fused-ring (bicyclic) bond motifs is 1. The zero-order valence-corrected chi connectivity index (χ0v) is 15.5. The summed E-state index contributed by atoms with van der Waals surface area (Å²) in [6.07, 6.45) is 3.85. The van der Waals surface area contributed by atoms with E-state index < -0.39 is 0 Å². The number of nitrogens with zero attached hydrogens (tertiary/aromatic N) is 5. The van der Waals surface area contributed by atoms with E-state index in [0.29, 0.717) is 5.91 Å². The molecule has 1 amide bonds. The number of anilines is 1. The van der Waals surface area contributed by atoms with Gasteiger partial charge in [-0.1, -0.05) is 18.3 Å². The molecule has 6 nitrogen and oxygen atoms in total. The maximum atomic E-state index is 12.9. The SMILES string of the molecule is CCN1CCN(C(=O)[C@H]2CCCN(c3nc4cccnc4s3)C2)CC1. The smallest absolute Gasteiger partial charge is 0.227 e. The van der Waals surface area contributed by atoms with Gasteiger partial charge in [0, 0.05) is 45.5 Å². The third-order valence-corrected chi connectivity index (χ3v) is 6.37. The Balaban J connectivity index is 1.43. The van der Waals surface area contributed by atoms with Crippen LogP contribution in [0, 0.1) is 5.92 Å². The van der Waals surface area contributed by atoms with Gasteiger partial charge in [-0.15, -0.1) is 0 Å². The largest absolute Gasteiger partial charge is 0.347 e. The molecule has 4 heterocycles. The van der Waals surface area contributed by atoms with Crippen molar-refractivity contribution in [3.05, 3.63) is 18.3 Å². The third kappa shape index (κ3) is 3.48. The first-order valence-electron chi connectivity index (χ1n) is 9.22. The number of rotatable bonds is 3. The van der Waals surface area contributed by atoms with Crippen LogP contribution in [0.5, 0.6) is 0 Å². The molecule has 2 aliphatic heterocycles. The van der Waals surface area contributed by atoms with Gasteiger partial charge in [0.15, 0.2) is 5.13 Å². The summed E-state index contributed by atoms with van der Waals surface area (Å²) in [4.78, 5) is 29.8. The number of likely N-dealkylation sites (N-methyl/N-ethyl adjacent to an activating group) is 1. The molecule has 0 aliphatic carbocycles. The Bertz CT molecular complexity index is 707. The first-order chi connectivity index (χ1) is 12.2. The molecule has 0 unspecified atom stereocenters. The summed E-state index contributed by atoms with van der Waals surface area (Å²) in [7, 11) is 0. The normalized spacial score (nSPS) is 22.5. The Hall–Kier alpha value is -1.73. The summed E-state index contributed by atoms with van der Waals surface area (Å²) in [6, 6.07) is 3.92. The molecule has 2 saturated heterocycles. The van der Waals surface area contributed by atoms with Gasteiger partial charge in [0.1, 0.15) is 10.3 Å². The summed E-state index contributed by atoms with van der Waals surface area (Å²) >= 11 is 1.63. The zero-order valence-electron chi connectivity index (χ0n) is 14.7. The zero-order chi connectivity index (χ0) is 17.2. The van der Waals surface area contributed by atoms with Gasteiger partial charge in [-0.3, -0.25) is 4.79 Å². The molecule has 0 N–H and O–H groups in total. The summed E-state index contributed by atoms with van der Waals surface area (Å²) < 4.78 is 0. The van der Waals surface area contributed by atoms with Crippen molar-refractivity contribution in [2.24, 2.45) is 5.92 Å². The number of aromatic nitrogens is 2. The highest BCUT2D eigenvalue weighted by Crippen LogP contribution is 2.31. The molecule has 0 saturated carbocycles. The van der Waals surface area contributed by atoms with Gasteiger partial charge >= 0.3 is 0 Å². The van der Waals surface area contributed by atoms with Crippen molar-refractivity contribution < 1.29 is 4.79 Å². The summed E-state index contributed by atoms with van der Waals surface area (Å²) in [5.41, 5.74) is 0.951. The predicted octanol–water partition coefficient (Wildman–Crippen LogP) is 2.07. The van der Waals surface area contributed by atoms with Crippen molar-refractivity contribution in [1.29, 1.82) is 0 Å². The van der Waals surface area contributed by atoms with Gasteiger partial charge in [0.2, 0.25) is 5.91 Å². The molecule has 2 aromatic rings. The van der Waals surface area contributed by atoms with E-state index in [1.165, 1.54) is 0 Å². The van der Waals surface area contributed by atoms with E-state index in [2.05, 4.69) is 26.6 Å². The fourth-order valence-electron chi connectivity index (χ4n) is 3.79. The van der Waals surface area contributed by atoms with E-state index in [1.54, 1.807) is 11.3 Å². The lowest BCUT2D eigenvalue weighted by Crippen LogP contribution is -2.52. The quantitative estimate of drug-likeness (QED) is 0.840. The maximum absolute atomic E-state index is 12.9. The van der Waals surface area contributed by atoms with Crippen molar-refractivity contribution >= 4 is 32.7 Å². The average molecular weight is 359 g/mol. The van der Waals surface area contributed by atoms with Crippen LogP contribution in [0.2, 0.25) is 0 Å². The molecular weight excluding hydrogens is 334 g/mol. The summed E-state index contributed by atoms with van der Waals surface area (Å²) in [6.45, 7) is 8.76. The number of piperidine rings is 1. The Morgan fingerprint density at radius 2 is 2.12 bits per heavy atom. The van der Waals surface area contributed by atoms with Crippen LogP contribution in [0.15, 0.2) is 18.3 Å². The minimum Gasteiger partial charge on any atom is -0.347 e. The topological polar surface area (TPSA) is 52.6 Å². The minimum absolute atomic E-state index is 0.0990. The molecule has 2 fully saturated rings. The van der Waals surface area contributed by atoms with E-state index in [9.17, 15) is 4.79 Å². The van der Waals surface area contributed by atoms with E-state index in [-0.39, 0.29) is 5.92 Å². The van der Waals surface area contributed by atoms with E-state index in [1.807, 2.05) is 18.3 Å². The maximum Gasteiger partial charge on any atom is 0.227 e. The molecule has 4 rings (SSSR count). The third-order valence-electron chi connectivity index (χ3n) is 5.33. The fraction of sp³-hybridized carbons (Fsp3) is 0.611. The number of amides is 1. The van der Waals surface area contributed by atoms with Gasteiger partial charge in [0.05, 0.1) is 5.92 Å². The lowest BCUT2D eigenvalue weighted by atomic mass is 9.96. The Morgan fingerprint density at radius 1 is 1.28 bits per heavy atom. The molecule has 2 aromatic heterocycles. The Labute approximate surface area is 152 Å². The number of hydrogen-bond donors (Lipinski definition) is 0. The van der Waals surface area contributed by atoms with Crippen LogP contribution < -0.4 is 4.90 Å². The van der Waals surface area contributed by atoms with Gasteiger partial charge in [0.25, 0.3) is 0 Å². The monoisotopic (exact) mass is 359 g/mol. The second kappa shape index (κ2) is 7.25. The molecule has 134 valence electrons. The van der Waals surface area contributed by atoms with Gasteiger partial charge < -0.3 is 14.7 Å². The number of pyridine rings is 1. The molecular formula is C18H25N5OS. The van der Waals surface area contributed by atoms with Crippen LogP contribution in [-0.2, 0) is 4.79 Å². The minimum atomic E-state index is 0.0990. The van der Waals surface area contributed by atoms with Gasteiger partial charge in [-0.2, -0.15) is 0 Å². The van der Waals surface area contributed by atoms with E-state index in [0.717, 1.165) is 74.1 Å². The van der Waals surface area contributed by atoms with Gasteiger partial charge in [-0.05, 0) is 31.5 Å². The lowest BCUT2D eigenvalue weighted by Gasteiger charge is -2.38. The molecule has 0 radical (unpaired) electrons.